The largest absolute Gasteiger partial charge is 0.465 e. The Bertz CT molecular complexity index is 846. The molecule has 0 aliphatic carbocycles. The topological polar surface area (TPSA) is 72.5 Å². The summed E-state index contributed by atoms with van der Waals surface area (Å²) in [5.41, 5.74) is 0.149. The SMILES string of the molecule is COC(=O)c1ccc(C)c(S(=O)(=O)Nc2cc(F)cc(F)c2)c1. The highest BCUT2D eigenvalue weighted by Crippen LogP contribution is 2.22. The maximum atomic E-state index is 13.2. The number of aryl methyl sites for hydroxylation is 1. The van der Waals surface area contributed by atoms with E-state index >= 15 is 0 Å². The summed E-state index contributed by atoms with van der Waals surface area (Å²) >= 11 is 0. The fourth-order valence-corrected chi connectivity index (χ4v) is 3.27. The van der Waals surface area contributed by atoms with Crippen LogP contribution in [0.2, 0.25) is 0 Å². The molecule has 0 heterocycles. The van der Waals surface area contributed by atoms with Crippen LogP contribution in [0.1, 0.15) is 15.9 Å². The van der Waals surface area contributed by atoms with E-state index in [0.717, 1.165) is 18.2 Å². The van der Waals surface area contributed by atoms with Gasteiger partial charge in [0, 0.05) is 6.07 Å². The predicted molar refractivity (Wildman–Crippen MR) is 79.7 cm³/mol. The number of halogens is 2. The zero-order valence-corrected chi connectivity index (χ0v) is 13.1. The molecule has 0 atom stereocenters. The van der Waals surface area contributed by atoms with Crippen LogP contribution in [-0.4, -0.2) is 21.5 Å². The van der Waals surface area contributed by atoms with Gasteiger partial charge in [-0.3, -0.25) is 4.72 Å². The van der Waals surface area contributed by atoms with Crippen molar-refractivity contribution in [2.45, 2.75) is 11.8 Å². The van der Waals surface area contributed by atoms with E-state index in [0.29, 0.717) is 11.6 Å². The number of esters is 1. The first-order valence-corrected chi connectivity index (χ1v) is 7.89. The van der Waals surface area contributed by atoms with Crippen molar-refractivity contribution in [1.29, 1.82) is 0 Å². The van der Waals surface area contributed by atoms with E-state index in [2.05, 4.69) is 9.46 Å². The van der Waals surface area contributed by atoms with E-state index in [4.69, 9.17) is 0 Å². The molecule has 0 spiro atoms. The van der Waals surface area contributed by atoms with E-state index in [1.807, 2.05) is 0 Å². The molecule has 23 heavy (non-hydrogen) atoms. The molecule has 5 nitrogen and oxygen atoms in total. The molecular weight excluding hydrogens is 328 g/mol. The van der Waals surface area contributed by atoms with Crippen molar-refractivity contribution in [3.05, 3.63) is 59.2 Å². The maximum absolute atomic E-state index is 13.2. The number of hydrogen-bond acceptors (Lipinski definition) is 4. The number of ether oxygens (including phenoxy) is 1. The van der Waals surface area contributed by atoms with Crippen molar-refractivity contribution in [3.8, 4) is 0 Å². The lowest BCUT2D eigenvalue weighted by Gasteiger charge is -2.11. The Labute approximate surface area is 132 Å². The Hall–Kier alpha value is -2.48. The lowest BCUT2D eigenvalue weighted by Crippen LogP contribution is -2.15. The average Bonchev–Trinajstić information content (AvgIpc) is 2.45. The number of carbonyl (C=O) groups excluding carboxylic acids is 1. The van der Waals surface area contributed by atoms with Crippen LogP contribution in [-0.2, 0) is 14.8 Å². The summed E-state index contributed by atoms with van der Waals surface area (Å²) < 4.78 is 57.8. The van der Waals surface area contributed by atoms with Crippen LogP contribution in [0.3, 0.4) is 0 Å². The Balaban J connectivity index is 2.45. The van der Waals surface area contributed by atoms with E-state index < -0.39 is 27.6 Å². The van der Waals surface area contributed by atoms with Crippen molar-refractivity contribution in [2.24, 2.45) is 0 Å². The molecule has 2 rings (SSSR count). The monoisotopic (exact) mass is 341 g/mol. The number of rotatable bonds is 4. The van der Waals surface area contributed by atoms with Gasteiger partial charge in [-0.05, 0) is 36.8 Å². The summed E-state index contributed by atoms with van der Waals surface area (Å²) in [5.74, 6) is -2.52. The summed E-state index contributed by atoms with van der Waals surface area (Å²) in [6, 6.07) is 6.31. The maximum Gasteiger partial charge on any atom is 0.337 e. The van der Waals surface area contributed by atoms with Crippen LogP contribution in [0.5, 0.6) is 0 Å². The van der Waals surface area contributed by atoms with Gasteiger partial charge in [-0.2, -0.15) is 0 Å². The van der Waals surface area contributed by atoms with Crippen LogP contribution in [0.25, 0.3) is 0 Å². The fourth-order valence-electron chi connectivity index (χ4n) is 1.96. The van der Waals surface area contributed by atoms with Crippen LogP contribution < -0.4 is 4.72 Å². The van der Waals surface area contributed by atoms with Gasteiger partial charge in [0.05, 0.1) is 23.3 Å². The average molecular weight is 341 g/mol. The molecule has 122 valence electrons. The van der Waals surface area contributed by atoms with Crippen LogP contribution >= 0.6 is 0 Å². The lowest BCUT2D eigenvalue weighted by atomic mass is 10.1. The quantitative estimate of drug-likeness (QED) is 0.868. The highest BCUT2D eigenvalue weighted by molar-refractivity contribution is 7.92. The van der Waals surface area contributed by atoms with E-state index in [1.165, 1.54) is 26.2 Å². The van der Waals surface area contributed by atoms with E-state index in [-0.39, 0.29) is 16.1 Å². The van der Waals surface area contributed by atoms with Crippen molar-refractivity contribution >= 4 is 21.7 Å². The molecule has 0 saturated carbocycles. The molecule has 0 aliphatic heterocycles. The summed E-state index contributed by atoms with van der Waals surface area (Å²) in [7, 11) is -2.96. The molecule has 0 unspecified atom stereocenters. The molecule has 1 N–H and O–H groups in total. The van der Waals surface area contributed by atoms with Crippen molar-refractivity contribution < 1.29 is 26.7 Å². The summed E-state index contributed by atoms with van der Waals surface area (Å²) in [6.07, 6.45) is 0. The fraction of sp³-hybridized carbons (Fsp3) is 0.133. The number of carbonyl (C=O) groups is 1. The van der Waals surface area contributed by atoms with E-state index in [1.54, 1.807) is 0 Å². The second-order valence-corrected chi connectivity index (χ2v) is 6.39. The number of methoxy groups -OCH3 is 1. The number of nitrogens with one attached hydrogen (secondary N) is 1. The minimum Gasteiger partial charge on any atom is -0.465 e. The second-order valence-electron chi connectivity index (χ2n) is 4.74. The van der Waals surface area contributed by atoms with Gasteiger partial charge in [0.1, 0.15) is 11.6 Å². The van der Waals surface area contributed by atoms with Gasteiger partial charge in [0.25, 0.3) is 10.0 Å². The van der Waals surface area contributed by atoms with Gasteiger partial charge in [-0.1, -0.05) is 6.07 Å². The third-order valence-electron chi connectivity index (χ3n) is 3.01. The lowest BCUT2D eigenvalue weighted by molar-refractivity contribution is 0.0600. The highest BCUT2D eigenvalue weighted by Gasteiger charge is 2.20. The number of hydrogen-bond donors (Lipinski definition) is 1. The number of anilines is 1. The van der Waals surface area contributed by atoms with Gasteiger partial charge in [0.2, 0.25) is 0 Å². The minimum absolute atomic E-state index is 0.0453. The summed E-state index contributed by atoms with van der Waals surface area (Å²) in [4.78, 5) is 11.3. The molecule has 0 aromatic heterocycles. The van der Waals surface area contributed by atoms with Crippen LogP contribution in [0.4, 0.5) is 14.5 Å². The Morgan fingerprint density at radius 1 is 1.09 bits per heavy atom. The first kappa shape index (κ1) is 16.9. The summed E-state index contributed by atoms with van der Waals surface area (Å²) in [6.45, 7) is 1.53. The van der Waals surface area contributed by atoms with Crippen molar-refractivity contribution in [1.82, 2.24) is 0 Å². The zero-order valence-electron chi connectivity index (χ0n) is 12.3. The third kappa shape index (κ3) is 3.84. The highest BCUT2D eigenvalue weighted by atomic mass is 32.2. The van der Waals surface area contributed by atoms with Gasteiger partial charge in [0.15, 0.2) is 0 Å². The Kier molecular flexibility index (Phi) is 4.65. The summed E-state index contributed by atoms with van der Waals surface area (Å²) in [5, 5.41) is 0. The Morgan fingerprint density at radius 2 is 1.70 bits per heavy atom. The molecule has 0 aliphatic rings. The molecule has 0 saturated heterocycles. The van der Waals surface area contributed by atoms with Crippen LogP contribution in [0.15, 0.2) is 41.3 Å². The molecule has 0 bridgehead atoms. The second kappa shape index (κ2) is 6.33. The molecule has 0 fully saturated rings. The minimum atomic E-state index is -4.13. The molecule has 2 aromatic carbocycles. The van der Waals surface area contributed by atoms with Crippen molar-refractivity contribution in [3.63, 3.8) is 0 Å². The van der Waals surface area contributed by atoms with Gasteiger partial charge in [-0.25, -0.2) is 22.0 Å². The van der Waals surface area contributed by atoms with Crippen molar-refractivity contribution in [2.75, 3.05) is 11.8 Å². The first-order chi connectivity index (χ1) is 10.7. The molecule has 0 radical (unpaired) electrons. The Morgan fingerprint density at radius 3 is 2.26 bits per heavy atom. The number of benzene rings is 2. The third-order valence-corrected chi connectivity index (χ3v) is 4.54. The molecule has 2 aromatic rings. The zero-order chi connectivity index (χ0) is 17.2. The molecule has 0 amide bonds. The van der Waals surface area contributed by atoms with Crippen LogP contribution in [0, 0.1) is 18.6 Å². The smallest absolute Gasteiger partial charge is 0.337 e. The van der Waals surface area contributed by atoms with E-state index in [9.17, 15) is 22.0 Å². The molecular formula is C15H13F2NO4S. The first-order valence-electron chi connectivity index (χ1n) is 6.41. The van der Waals surface area contributed by atoms with Gasteiger partial charge < -0.3 is 4.74 Å². The predicted octanol–water partition coefficient (Wildman–Crippen LogP) is 2.86. The normalized spacial score (nSPS) is 11.1. The standard InChI is InChI=1S/C15H13F2NO4S/c1-9-3-4-10(15(19)22-2)5-14(9)23(20,21)18-13-7-11(16)6-12(17)8-13/h3-8,18H,1-2H3. The van der Waals surface area contributed by atoms with Gasteiger partial charge in [-0.15, -0.1) is 0 Å². The molecule has 8 heteroatoms. The number of sulfonamides is 1. The van der Waals surface area contributed by atoms with Gasteiger partial charge >= 0.3 is 5.97 Å².